The molecule has 1 rings (SSSR count). The van der Waals surface area contributed by atoms with Gasteiger partial charge in [-0.05, 0) is 24.5 Å². The largest absolute Gasteiger partial charge is 0.294 e. The van der Waals surface area contributed by atoms with Crippen LogP contribution in [0.2, 0.25) is 0 Å². The third-order valence-electron chi connectivity index (χ3n) is 2.87. The van der Waals surface area contributed by atoms with Crippen molar-refractivity contribution in [2.45, 2.75) is 50.3 Å². The van der Waals surface area contributed by atoms with E-state index < -0.39 is 10.1 Å². The van der Waals surface area contributed by atoms with Crippen molar-refractivity contribution in [2.75, 3.05) is 0 Å². The van der Waals surface area contributed by atoms with Gasteiger partial charge in [0.2, 0.25) is 0 Å². The molecule has 0 aliphatic carbocycles. The van der Waals surface area contributed by atoms with Crippen molar-refractivity contribution >= 4 is 10.1 Å². The van der Waals surface area contributed by atoms with Gasteiger partial charge in [-0.3, -0.25) is 4.55 Å². The summed E-state index contributed by atoms with van der Waals surface area (Å²) in [6.45, 7) is 2.18. The molecule has 0 aliphatic heterocycles. The van der Waals surface area contributed by atoms with Crippen molar-refractivity contribution in [3.63, 3.8) is 0 Å². The van der Waals surface area contributed by atoms with E-state index in [1.54, 1.807) is 18.2 Å². The first-order valence-corrected chi connectivity index (χ1v) is 7.89. The molecular weight excluding hydrogens is 248 g/mol. The van der Waals surface area contributed by atoms with E-state index in [4.69, 9.17) is 4.55 Å². The minimum atomic E-state index is -4.12. The molecular formula is C14H21O3S. The lowest BCUT2D eigenvalue weighted by Crippen LogP contribution is -2.02. The highest BCUT2D eigenvalue weighted by atomic mass is 32.2. The molecule has 0 saturated carbocycles. The summed E-state index contributed by atoms with van der Waals surface area (Å²) in [5.74, 6) is 0. The highest BCUT2D eigenvalue weighted by Crippen LogP contribution is 2.19. The van der Waals surface area contributed by atoms with Gasteiger partial charge in [0, 0.05) is 0 Å². The molecule has 0 spiro atoms. The summed E-state index contributed by atoms with van der Waals surface area (Å²) in [7, 11) is -4.12. The maximum atomic E-state index is 11.2. The second-order valence-corrected chi connectivity index (χ2v) is 5.81. The Morgan fingerprint density at radius 3 is 2.44 bits per heavy atom. The van der Waals surface area contributed by atoms with Crippen molar-refractivity contribution in [1.82, 2.24) is 0 Å². The molecule has 1 radical (unpaired) electrons. The molecule has 0 bridgehead atoms. The Kier molecular flexibility index (Phi) is 6.36. The van der Waals surface area contributed by atoms with Gasteiger partial charge in [0.1, 0.15) is 0 Å². The third kappa shape index (κ3) is 5.19. The van der Waals surface area contributed by atoms with Crippen molar-refractivity contribution in [2.24, 2.45) is 0 Å². The van der Waals surface area contributed by atoms with Crippen LogP contribution < -0.4 is 0 Å². The van der Waals surface area contributed by atoms with Crippen LogP contribution in [0.25, 0.3) is 0 Å². The van der Waals surface area contributed by atoms with Gasteiger partial charge in [-0.15, -0.1) is 0 Å². The fraction of sp³-hybridized carbons (Fsp3) is 0.500. The van der Waals surface area contributed by atoms with E-state index in [9.17, 15) is 8.42 Å². The smallest absolute Gasteiger partial charge is 0.282 e. The maximum Gasteiger partial charge on any atom is 0.294 e. The predicted molar refractivity (Wildman–Crippen MR) is 73.0 cm³/mol. The van der Waals surface area contributed by atoms with E-state index in [1.165, 1.54) is 31.7 Å². The zero-order valence-electron chi connectivity index (χ0n) is 10.8. The van der Waals surface area contributed by atoms with Crippen LogP contribution in [0.15, 0.2) is 29.2 Å². The number of rotatable bonds is 8. The van der Waals surface area contributed by atoms with Gasteiger partial charge in [-0.1, -0.05) is 57.2 Å². The summed E-state index contributed by atoms with van der Waals surface area (Å²) >= 11 is 0. The molecule has 1 N–H and O–H groups in total. The summed E-state index contributed by atoms with van der Waals surface area (Å²) in [5.41, 5.74) is 0.593. The summed E-state index contributed by atoms with van der Waals surface area (Å²) in [5, 5.41) is 0. The predicted octanol–water partition coefficient (Wildman–Crippen LogP) is 3.85. The van der Waals surface area contributed by atoms with E-state index in [0.717, 1.165) is 12.8 Å². The average molecular weight is 269 g/mol. The highest BCUT2D eigenvalue weighted by Gasteiger charge is 2.13. The lowest BCUT2D eigenvalue weighted by atomic mass is 10.1. The number of hydrogen-bond acceptors (Lipinski definition) is 2. The lowest BCUT2D eigenvalue weighted by molar-refractivity contribution is 0.482. The summed E-state index contributed by atoms with van der Waals surface area (Å²) in [6, 6.07) is 6.53. The Bertz CT molecular complexity index is 452. The van der Waals surface area contributed by atoms with Gasteiger partial charge in [0.15, 0.2) is 0 Å². The highest BCUT2D eigenvalue weighted by molar-refractivity contribution is 7.85. The second-order valence-electron chi connectivity index (χ2n) is 4.42. The van der Waals surface area contributed by atoms with E-state index in [2.05, 4.69) is 6.92 Å². The van der Waals surface area contributed by atoms with Gasteiger partial charge >= 0.3 is 0 Å². The van der Waals surface area contributed by atoms with Gasteiger partial charge < -0.3 is 0 Å². The standard InChI is InChI=1S/C14H21O3S/c1-2-3-4-5-6-7-10-13-11-8-9-12-14(13)18(15,16)17/h8-12H,2-7H2,1H3,(H,15,16,17). The van der Waals surface area contributed by atoms with E-state index in [1.807, 2.05) is 6.42 Å². The SMILES string of the molecule is CCCCCCC[CH]c1ccccc1S(=O)(=O)O. The molecule has 1 aromatic carbocycles. The Morgan fingerprint density at radius 1 is 1.11 bits per heavy atom. The zero-order valence-corrected chi connectivity index (χ0v) is 11.6. The number of benzene rings is 1. The molecule has 0 saturated heterocycles. The third-order valence-corrected chi connectivity index (χ3v) is 3.80. The van der Waals surface area contributed by atoms with Gasteiger partial charge in [0.05, 0.1) is 4.90 Å². The molecule has 0 heterocycles. The van der Waals surface area contributed by atoms with Crippen LogP contribution in [-0.2, 0) is 10.1 Å². The van der Waals surface area contributed by atoms with Crippen LogP contribution in [0, 0.1) is 6.42 Å². The van der Waals surface area contributed by atoms with Crippen LogP contribution in [0.5, 0.6) is 0 Å². The Morgan fingerprint density at radius 2 is 1.78 bits per heavy atom. The molecule has 0 atom stereocenters. The van der Waals surface area contributed by atoms with Crippen molar-refractivity contribution in [1.29, 1.82) is 0 Å². The fourth-order valence-corrected chi connectivity index (χ4v) is 2.59. The molecule has 4 heteroatoms. The Balaban J connectivity index is 2.48. The monoisotopic (exact) mass is 269 g/mol. The minimum absolute atomic E-state index is 0.00134. The summed E-state index contributed by atoms with van der Waals surface area (Å²) < 4.78 is 31.4. The average Bonchev–Trinajstić information content (AvgIpc) is 2.33. The van der Waals surface area contributed by atoms with E-state index in [-0.39, 0.29) is 4.90 Å². The first kappa shape index (κ1) is 15.2. The second kappa shape index (κ2) is 7.54. The van der Waals surface area contributed by atoms with Gasteiger partial charge in [-0.25, -0.2) is 0 Å². The topological polar surface area (TPSA) is 54.4 Å². The Labute approximate surface area is 110 Å². The van der Waals surface area contributed by atoms with Crippen LogP contribution in [0.1, 0.15) is 51.0 Å². The maximum absolute atomic E-state index is 11.2. The van der Waals surface area contributed by atoms with Crippen LogP contribution in [0.4, 0.5) is 0 Å². The quantitative estimate of drug-likeness (QED) is 0.576. The Hall–Kier alpha value is -0.870. The molecule has 0 amide bonds. The summed E-state index contributed by atoms with van der Waals surface area (Å²) in [4.78, 5) is -0.00134. The van der Waals surface area contributed by atoms with Crippen molar-refractivity contribution < 1.29 is 13.0 Å². The number of unbranched alkanes of at least 4 members (excludes halogenated alkanes) is 5. The van der Waals surface area contributed by atoms with E-state index in [0.29, 0.717) is 5.56 Å². The first-order chi connectivity index (χ1) is 8.55. The summed E-state index contributed by atoms with van der Waals surface area (Å²) in [6.07, 6.45) is 8.64. The first-order valence-electron chi connectivity index (χ1n) is 6.45. The minimum Gasteiger partial charge on any atom is -0.282 e. The fourth-order valence-electron chi connectivity index (χ4n) is 1.89. The van der Waals surface area contributed by atoms with Gasteiger partial charge in [0.25, 0.3) is 10.1 Å². The van der Waals surface area contributed by atoms with E-state index >= 15 is 0 Å². The molecule has 0 aromatic heterocycles. The molecule has 0 aliphatic rings. The van der Waals surface area contributed by atoms with Crippen molar-refractivity contribution in [3.8, 4) is 0 Å². The zero-order chi connectivity index (χ0) is 13.4. The van der Waals surface area contributed by atoms with Crippen molar-refractivity contribution in [3.05, 3.63) is 36.2 Å². The van der Waals surface area contributed by atoms with Crippen LogP contribution in [0.3, 0.4) is 0 Å². The molecule has 18 heavy (non-hydrogen) atoms. The lowest BCUT2D eigenvalue weighted by Gasteiger charge is -2.06. The number of hydrogen-bond donors (Lipinski definition) is 1. The van der Waals surface area contributed by atoms with Gasteiger partial charge in [-0.2, -0.15) is 8.42 Å². The molecule has 1 aromatic rings. The normalized spacial score (nSPS) is 11.7. The molecule has 3 nitrogen and oxygen atoms in total. The van der Waals surface area contributed by atoms with Crippen LogP contribution in [-0.4, -0.2) is 13.0 Å². The molecule has 101 valence electrons. The van der Waals surface area contributed by atoms with Crippen LogP contribution >= 0.6 is 0 Å². The molecule has 0 fully saturated rings. The molecule has 0 unspecified atom stereocenters.